The summed E-state index contributed by atoms with van der Waals surface area (Å²) in [5, 5.41) is 0.778. The predicted octanol–water partition coefficient (Wildman–Crippen LogP) is 7.30. The molecule has 0 N–H and O–H groups in total. The molecule has 2 aromatic heterocycles. The first-order chi connectivity index (χ1) is 22.8. The highest BCUT2D eigenvalue weighted by molar-refractivity contribution is 7.07. The minimum Gasteiger partial charge on any atom is -0.490 e. The Hall–Kier alpha value is -4.57. The number of nitrogens with zero attached hydrogens (tertiary/aromatic N) is 2. The Bertz CT molecular complexity index is 2170. The molecule has 0 saturated carbocycles. The minimum absolute atomic E-state index is 0.145. The SMILES string of the molecule is CCOC(=O)C1=C(c2ccccc2)N=c2sc(=Cc3ccc(-c4cccc(Cl)c4Cl)o3)c(=O)n2C1c1ccc(OCC)c(OCC)c1. The molecule has 240 valence electrons. The molecule has 0 amide bonds. The van der Waals surface area contributed by atoms with Gasteiger partial charge in [0.15, 0.2) is 16.3 Å². The van der Waals surface area contributed by atoms with Crippen molar-refractivity contribution in [2.24, 2.45) is 4.99 Å². The first kappa shape index (κ1) is 32.4. The maximum Gasteiger partial charge on any atom is 0.338 e. The van der Waals surface area contributed by atoms with Crippen LogP contribution in [0.15, 0.2) is 98.6 Å². The minimum atomic E-state index is -0.880. The number of fused-ring (bicyclic) bond motifs is 1. The summed E-state index contributed by atoms with van der Waals surface area (Å²) in [7, 11) is 0. The van der Waals surface area contributed by atoms with Gasteiger partial charge in [-0.05, 0) is 62.7 Å². The molecular weight excluding hydrogens is 659 g/mol. The molecule has 0 saturated heterocycles. The van der Waals surface area contributed by atoms with E-state index in [4.69, 9.17) is 46.8 Å². The van der Waals surface area contributed by atoms with Gasteiger partial charge in [-0.3, -0.25) is 9.36 Å². The van der Waals surface area contributed by atoms with E-state index < -0.39 is 12.0 Å². The summed E-state index contributed by atoms with van der Waals surface area (Å²) in [6.07, 6.45) is 1.66. The number of aromatic nitrogens is 1. The summed E-state index contributed by atoms with van der Waals surface area (Å²) in [5.74, 6) is 1.42. The Morgan fingerprint density at radius 1 is 0.936 bits per heavy atom. The fourth-order valence-electron chi connectivity index (χ4n) is 5.39. The van der Waals surface area contributed by atoms with Crippen LogP contribution in [0.2, 0.25) is 10.0 Å². The van der Waals surface area contributed by atoms with E-state index in [-0.39, 0.29) is 17.7 Å². The van der Waals surface area contributed by atoms with Crippen molar-refractivity contribution < 1.29 is 23.4 Å². The van der Waals surface area contributed by atoms with Crippen LogP contribution in [0.3, 0.4) is 0 Å². The van der Waals surface area contributed by atoms with Crippen LogP contribution in [-0.4, -0.2) is 30.4 Å². The van der Waals surface area contributed by atoms with E-state index in [0.29, 0.717) is 78.0 Å². The average Bonchev–Trinajstić information content (AvgIpc) is 3.67. The molecule has 47 heavy (non-hydrogen) atoms. The van der Waals surface area contributed by atoms with Crippen molar-refractivity contribution >= 4 is 52.3 Å². The summed E-state index contributed by atoms with van der Waals surface area (Å²) in [6.45, 7) is 6.49. The molecule has 1 atom stereocenters. The van der Waals surface area contributed by atoms with Gasteiger partial charge in [-0.15, -0.1) is 0 Å². The average molecular weight is 690 g/mol. The van der Waals surface area contributed by atoms with Crippen LogP contribution in [0.4, 0.5) is 0 Å². The number of rotatable bonds is 10. The van der Waals surface area contributed by atoms with Crippen molar-refractivity contribution in [3.8, 4) is 22.8 Å². The van der Waals surface area contributed by atoms with Gasteiger partial charge in [-0.1, -0.05) is 77.0 Å². The Labute approximate surface area is 284 Å². The molecule has 3 heterocycles. The Balaban J connectivity index is 1.58. The molecule has 0 fully saturated rings. The molecule has 8 nitrogen and oxygen atoms in total. The van der Waals surface area contributed by atoms with E-state index in [0.717, 1.165) is 0 Å². The lowest BCUT2D eigenvalue weighted by Gasteiger charge is -2.26. The third-order valence-corrected chi connectivity index (χ3v) is 9.18. The standard InChI is InChI=1S/C36H30Cl2N2O6S/c1-4-43-27-17-15-22(19-28(27)44-5-2)33-30(35(42)45-6-3)32(21-11-8-7-9-12-21)39-36-40(33)34(41)29(47-36)20-23-16-18-26(46-23)24-13-10-14-25(37)31(24)38/h7-20,33H,4-6H2,1-3H3. The van der Waals surface area contributed by atoms with Gasteiger partial charge in [0, 0.05) is 17.2 Å². The number of thiazole rings is 1. The van der Waals surface area contributed by atoms with Crippen molar-refractivity contribution in [1.29, 1.82) is 0 Å². The Morgan fingerprint density at radius 3 is 2.45 bits per heavy atom. The van der Waals surface area contributed by atoms with Gasteiger partial charge in [-0.25, -0.2) is 9.79 Å². The molecule has 0 radical (unpaired) electrons. The molecule has 3 aromatic carbocycles. The topological polar surface area (TPSA) is 92.3 Å². The van der Waals surface area contributed by atoms with E-state index in [1.807, 2.05) is 50.2 Å². The number of carbonyl (C=O) groups excluding carboxylic acids is 1. The molecule has 6 rings (SSSR count). The lowest BCUT2D eigenvalue weighted by Crippen LogP contribution is -2.40. The lowest BCUT2D eigenvalue weighted by atomic mass is 9.93. The van der Waals surface area contributed by atoms with Crippen LogP contribution in [-0.2, 0) is 9.53 Å². The summed E-state index contributed by atoms with van der Waals surface area (Å²) in [4.78, 5) is 33.4. The molecule has 5 aromatic rings. The predicted molar refractivity (Wildman–Crippen MR) is 184 cm³/mol. The van der Waals surface area contributed by atoms with Gasteiger partial charge < -0.3 is 18.6 Å². The molecule has 1 aliphatic heterocycles. The maximum absolute atomic E-state index is 14.3. The fourth-order valence-corrected chi connectivity index (χ4v) is 6.77. The van der Waals surface area contributed by atoms with Crippen LogP contribution in [0.1, 0.15) is 43.7 Å². The number of benzene rings is 3. The van der Waals surface area contributed by atoms with E-state index in [9.17, 15) is 9.59 Å². The highest BCUT2D eigenvalue weighted by Gasteiger charge is 2.35. The van der Waals surface area contributed by atoms with Crippen LogP contribution in [0, 0.1) is 0 Å². The zero-order chi connectivity index (χ0) is 33.1. The Morgan fingerprint density at radius 2 is 1.70 bits per heavy atom. The summed E-state index contributed by atoms with van der Waals surface area (Å²) >= 11 is 13.8. The normalized spacial score (nSPS) is 14.5. The van der Waals surface area contributed by atoms with Crippen LogP contribution in [0.25, 0.3) is 23.1 Å². The molecule has 11 heteroatoms. The first-order valence-electron chi connectivity index (χ1n) is 15.1. The van der Waals surface area contributed by atoms with Crippen molar-refractivity contribution in [3.63, 3.8) is 0 Å². The molecule has 1 unspecified atom stereocenters. The fraction of sp³-hybridized carbons (Fsp3) is 0.194. The van der Waals surface area contributed by atoms with E-state index >= 15 is 0 Å². The van der Waals surface area contributed by atoms with Gasteiger partial charge in [0.2, 0.25) is 0 Å². The van der Waals surface area contributed by atoms with Gasteiger partial charge in [0.25, 0.3) is 5.56 Å². The first-order valence-corrected chi connectivity index (χ1v) is 16.6. The number of ether oxygens (including phenoxy) is 3. The van der Waals surface area contributed by atoms with Crippen LogP contribution >= 0.6 is 34.5 Å². The second kappa shape index (κ2) is 14.0. The summed E-state index contributed by atoms with van der Waals surface area (Å²) < 4.78 is 25.3. The largest absolute Gasteiger partial charge is 0.490 e. The number of esters is 1. The quantitative estimate of drug-likeness (QED) is 0.143. The van der Waals surface area contributed by atoms with Crippen LogP contribution in [0.5, 0.6) is 11.5 Å². The maximum atomic E-state index is 14.3. The molecule has 0 aliphatic carbocycles. The van der Waals surface area contributed by atoms with Gasteiger partial charge in [-0.2, -0.15) is 0 Å². The van der Waals surface area contributed by atoms with Gasteiger partial charge in [0.05, 0.1) is 51.7 Å². The third-order valence-electron chi connectivity index (χ3n) is 7.37. The molecule has 0 bridgehead atoms. The monoisotopic (exact) mass is 688 g/mol. The zero-order valence-electron chi connectivity index (χ0n) is 25.8. The summed E-state index contributed by atoms with van der Waals surface area (Å²) in [5.41, 5.74) is 2.28. The van der Waals surface area contributed by atoms with Crippen molar-refractivity contribution in [1.82, 2.24) is 4.57 Å². The summed E-state index contributed by atoms with van der Waals surface area (Å²) in [6, 6.07) is 22.7. The van der Waals surface area contributed by atoms with Gasteiger partial charge in [0.1, 0.15) is 11.5 Å². The van der Waals surface area contributed by atoms with Crippen molar-refractivity contribution in [3.05, 3.63) is 131 Å². The number of hydrogen-bond acceptors (Lipinski definition) is 8. The van der Waals surface area contributed by atoms with Crippen LogP contribution < -0.4 is 24.4 Å². The van der Waals surface area contributed by atoms with E-state index in [2.05, 4.69) is 0 Å². The number of carbonyl (C=O) groups is 1. The van der Waals surface area contributed by atoms with E-state index in [1.165, 1.54) is 15.9 Å². The Kier molecular flexibility index (Phi) is 9.68. The van der Waals surface area contributed by atoms with E-state index in [1.54, 1.807) is 55.5 Å². The third kappa shape index (κ3) is 6.39. The second-order valence-corrected chi connectivity index (χ2v) is 12.1. The van der Waals surface area contributed by atoms with Gasteiger partial charge >= 0.3 is 5.97 Å². The second-order valence-electron chi connectivity index (χ2n) is 10.3. The van der Waals surface area contributed by atoms with Crippen molar-refractivity contribution in [2.45, 2.75) is 26.8 Å². The smallest absolute Gasteiger partial charge is 0.338 e. The molecule has 0 spiro atoms. The highest BCUT2D eigenvalue weighted by atomic mass is 35.5. The number of hydrogen-bond donors (Lipinski definition) is 0. The number of halogens is 2. The molecule has 1 aliphatic rings. The van der Waals surface area contributed by atoms with Crippen molar-refractivity contribution in [2.75, 3.05) is 19.8 Å². The zero-order valence-corrected chi connectivity index (χ0v) is 28.1. The highest BCUT2D eigenvalue weighted by Crippen LogP contribution is 2.39. The lowest BCUT2D eigenvalue weighted by molar-refractivity contribution is -0.138. The molecular formula is C36H30Cl2N2O6S. The number of furan rings is 1.